The molecule has 1 aromatic heterocycles. The van der Waals surface area contributed by atoms with Crippen LogP contribution in [0.1, 0.15) is 60.3 Å². The standard InChI is InChI=1S/C17H18Cl2N4O2/c1-8-10-6-11(25-7-12-20-22-23-21-12)15(18)16(19)14(10)17(24)13(8)9-4-2-3-5-9/h6,8-9,13H,2-5,7H2,1H3,(H,20,21,22,23). The van der Waals surface area contributed by atoms with E-state index in [9.17, 15) is 4.79 Å². The number of nitrogens with one attached hydrogen (secondary N) is 1. The molecule has 1 fully saturated rings. The van der Waals surface area contributed by atoms with Crippen molar-refractivity contribution in [2.24, 2.45) is 11.8 Å². The molecule has 2 aliphatic rings. The molecule has 1 saturated carbocycles. The predicted octanol–water partition coefficient (Wildman–Crippen LogP) is 4.19. The molecule has 0 amide bonds. The van der Waals surface area contributed by atoms with Crippen molar-refractivity contribution < 1.29 is 9.53 Å². The maximum absolute atomic E-state index is 13.0. The third-order valence-electron chi connectivity index (χ3n) is 5.44. The third kappa shape index (κ3) is 2.81. The van der Waals surface area contributed by atoms with Gasteiger partial charge in [-0.1, -0.05) is 48.2 Å². The van der Waals surface area contributed by atoms with Crippen LogP contribution in [0, 0.1) is 11.8 Å². The number of hydrogen-bond donors (Lipinski definition) is 1. The normalized spacial score (nSPS) is 23.2. The van der Waals surface area contributed by atoms with Gasteiger partial charge in [-0.2, -0.15) is 5.21 Å². The van der Waals surface area contributed by atoms with E-state index in [4.69, 9.17) is 27.9 Å². The first-order valence-corrected chi connectivity index (χ1v) is 9.24. The first kappa shape index (κ1) is 16.8. The molecule has 0 bridgehead atoms. The van der Waals surface area contributed by atoms with E-state index in [1.165, 1.54) is 12.8 Å². The van der Waals surface area contributed by atoms with Gasteiger partial charge in [-0.15, -0.1) is 10.2 Å². The fourth-order valence-electron chi connectivity index (χ4n) is 4.25. The molecule has 2 atom stereocenters. The van der Waals surface area contributed by atoms with E-state index in [0.29, 0.717) is 28.1 Å². The lowest BCUT2D eigenvalue weighted by Gasteiger charge is -2.21. The van der Waals surface area contributed by atoms with Gasteiger partial charge in [-0.3, -0.25) is 4.79 Å². The Morgan fingerprint density at radius 1 is 1.28 bits per heavy atom. The smallest absolute Gasteiger partial charge is 0.211 e. The lowest BCUT2D eigenvalue weighted by Crippen LogP contribution is -2.20. The molecule has 1 N–H and O–H groups in total. The van der Waals surface area contributed by atoms with Crippen LogP contribution in [-0.4, -0.2) is 26.4 Å². The Kier molecular flexibility index (Phi) is 4.41. The number of tetrazole rings is 1. The van der Waals surface area contributed by atoms with E-state index in [1.54, 1.807) is 0 Å². The molecule has 2 unspecified atom stereocenters. The van der Waals surface area contributed by atoms with E-state index in [2.05, 4.69) is 27.5 Å². The fraction of sp³-hybridized carbons (Fsp3) is 0.529. The van der Waals surface area contributed by atoms with E-state index in [1.807, 2.05) is 6.07 Å². The molecule has 0 radical (unpaired) electrons. The van der Waals surface area contributed by atoms with Crippen LogP contribution in [0.2, 0.25) is 10.0 Å². The minimum absolute atomic E-state index is 0.00137. The molecule has 0 aliphatic heterocycles. The second-order valence-corrected chi connectivity index (χ2v) is 7.56. The molecule has 4 rings (SSSR count). The summed E-state index contributed by atoms with van der Waals surface area (Å²) in [5, 5.41) is 14.1. The predicted molar refractivity (Wildman–Crippen MR) is 93.2 cm³/mol. The maximum Gasteiger partial charge on any atom is 0.211 e. The van der Waals surface area contributed by atoms with Crippen LogP contribution in [0.3, 0.4) is 0 Å². The number of nitrogens with zero attached hydrogens (tertiary/aromatic N) is 3. The molecule has 0 saturated heterocycles. The van der Waals surface area contributed by atoms with Crippen molar-refractivity contribution >= 4 is 29.0 Å². The van der Waals surface area contributed by atoms with E-state index < -0.39 is 0 Å². The molecule has 0 spiro atoms. The number of ether oxygens (including phenoxy) is 1. The number of Topliss-reactive ketones (excluding diaryl/α,β-unsaturated/α-hetero) is 1. The number of H-pyrrole nitrogens is 1. The summed E-state index contributed by atoms with van der Waals surface area (Å²) in [6.45, 7) is 2.22. The average Bonchev–Trinajstić information content (AvgIpc) is 3.32. The third-order valence-corrected chi connectivity index (χ3v) is 6.29. The maximum atomic E-state index is 13.0. The number of aromatic nitrogens is 4. The van der Waals surface area contributed by atoms with Gasteiger partial charge in [-0.25, -0.2) is 0 Å². The summed E-state index contributed by atoms with van der Waals surface area (Å²) in [5.41, 5.74) is 1.50. The lowest BCUT2D eigenvalue weighted by atomic mass is 9.81. The van der Waals surface area contributed by atoms with Crippen LogP contribution < -0.4 is 4.74 Å². The van der Waals surface area contributed by atoms with Gasteiger partial charge in [0.25, 0.3) is 0 Å². The highest BCUT2D eigenvalue weighted by atomic mass is 35.5. The van der Waals surface area contributed by atoms with Crippen molar-refractivity contribution in [3.63, 3.8) is 0 Å². The summed E-state index contributed by atoms with van der Waals surface area (Å²) in [5.74, 6) is 1.55. The molecule has 132 valence electrons. The molecular weight excluding hydrogens is 363 g/mol. The highest BCUT2D eigenvalue weighted by Crippen LogP contribution is 2.51. The molecule has 1 aromatic carbocycles. The quantitative estimate of drug-likeness (QED) is 0.859. The van der Waals surface area contributed by atoms with E-state index >= 15 is 0 Å². The van der Waals surface area contributed by atoms with Crippen LogP contribution in [0.5, 0.6) is 5.75 Å². The van der Waals surface area contributed by atoms with E-state index in [0.717, 1.165) is 18.4 Å². The fourth-order valence-corrected chi connectivity index (χ4v) is 4.75. The van der Waals surface area contributed by atoms with Gasteiger partial charge in [0.05, 0.1) is 5.02 Å². The van der Waals surface area contributed by atoms with Crippen molar-refractivity contribution in [1.82, 2.24) is 20.6 Å². The number of fused-ring (bicyclic) bond motifs is 1. The molecule has 2 aliphatic carbocycles. The van der Waals surface area contributed by atoms with Crippen molar-refractivity contribution in [1.29, 1.82) is 0 Å². The van der Waals surface area contributed by atoms with Gasteiger partial charge in [0.2, 0.25) is 5.82 Å². The van der Waals surface area contributed by atoms with Crippen LogP contribution in [0.15, 0.2) is 6.07 Å². The summed E-state index contributed by atoms with van der Waals surface area (Å²) in [7, 11) is 0. The molecule has 8 heteroatoms. The van der Waals surface area contributed by atoms with Gasteiger partial charge in [0.15, 0.2) is 12.4 Å². The molecule has 1 heterocycles. The second kappa shape index (κ2) is 6.57. The van der Waals surface area contributed by atoms with Crippen molar-refractivity contribution in [3.05, 3.63) is 33.1 Å². The largest absolute Gasteiger partial charge is 0.484 e. The van der Waals surface area contributed by atoms with Gasteiger partial charge >= 0.3 is 0 Å². The average molecular weight is 381 g/mol. The number of carbonyl (C=O) groups is 1. The molecule has 25 heavy (non-hydrogen) atoms. The topological polar surface area (TPSA) is 80.8 Å². The van der Waals surface area contributed by atoms with Gasteiger partial charge in [0.1, 0.15) is 10.8 Å². The zero-order valence-electron chi connectivity index (χ0n) is 13.8. The van der Waals surface area contributed by atoms with Crippen LogP contribution >= 0.6 is 23.2 Å². The highest BCUT2D eigenvalue weighted by molar-refractivity contribution is 6.45. The number of benzene rings is 1. The number of halogens is 2. The Balaban J connectivity index is 1.66. The highest BCUT2D eigenvalue weighted by Gasteiger charge is 2.44. The Morgan fingerprint density at radius 2 is 2.04 bits per heavy atom. The van der Waals surface area contributed by atoms with Crippen molar-refractivity contribution in [2.75, 3.05) is 0 Å². The first-order valence-electron chi connectivity index (χ1n) is 8.49. The Morgan fingerprint density at radius 3 is 2.72 bits per heavy atom. The van der Waals surface area contributed by atoms with Crippen LogP contribution in [-0.2, 0) is 6.61 Å². The summed E-state index contributed by atoms with van der Waals surface area (Å²) >= 11 is 12.8. The number of carbonyl (C=O) groups excluding carboxylic acids is 1. The minimum atomic E-state index is -0.00137. The zero-order valence-corrected chi connectivity index (χ0v) is 15.3. The summed E-state index contributed by atoms with van der Waals surface area (Å²) in [4.78, 5) is 13.0. The molecule has 2 aromatic rings. The number of rotatable bonds is 4. The molecular formula is C17H18Cl2N4O2. The SMILES string of the molecule is CC1c2cc(OCc3nn[nH]n3)c(Cl)c(Cl)c2C(=O)C1C1CCCC1. The zero-order chi connectivity index (χ0) is 17.6. The van der Waals surface area contributed by atoms with Gasteiger partial charge < -0.3 is 4.74 Å². The summed E-state index contributed by atoms with van der Waals surface area (Å²) in [6.07, 6.45) is 4.62. The monoisotopic (exact) mass is 380 g/mol. The number of hydrogen-bond acceptors (Lipinski definition) is 5. The van der Waals surface area contributed by atoms with Crippen molar-refractivity contribution in [3.8, 4) is 5.75 Å². The van der Waals surface area contributed by atoms with Gasteiger partial charge in [0, 0.05) is 11.5 Å². The van der Waals surface area contributed by atoms with Crippen molar-refractivity contribution in [2.45, 2.75) is 45.1 Å². The number of aromatic amines is 1. The second-order valence-electron chi connectivity index (χ2n) is 6.81. The molecule has 6 nitrogen and oxygen atoms in total. The van der Waals surface area contributed by atoms with Crippen LogP contribution in [0.4, 0.5) is 0 Å². The summed E-state index contributed by atoms with van der Waals surface area (Å²) < 4.78 is 5.72. The first-order chi connectivity index (χ1) is 12.1. The Bertz CT molecular complexity index is 803. The van der Waals surface area contributed by atoms with E-state index in [-0.39, 0.29) is 29.2 Å². The van der Waals surface area contributed by atoms with Gasteiger partial charge in [-0.05, 0) is 36.3 Å². The Hall–Kier alpha value is -1.66. The number of ketones is 1. The lowest BCUT2D eigenvalue weighted by molar-refractivity contribution is 0.0877. The van der Waals surface area contributed by atoms with Crippen LogP contribution in [0.25, 0.3) is 0 Å². The Labute approximate surface area is 155 Å². The summed E-state index contributed by atoms with van der Waals surface area (Å²) in [6, 6.07) is 1.85. The minimum Gasteiger partial charge on any atom is -0.484 e.